The monoisotopic (exact) mass is 484 g/mol. The Morgan fingerprint density at radius 3 is 2.51 bits per heavy atom. The summed E-state index contributed by atoms with van der Waals surface area (Å²) in [7, 11) is 0. The number of aromatic nitrogens is 2. The van der Waals surface area contributed by atoms with E-state index in [1.807, 2.05) is 81.4 Å². The van der Waals surface area contributed by atoms with Crippen molar-refractivity contribution in [3.8, 4) is 11.4 Å². The van der Waals surface area contributed by atoms with Crippen LogP contribution in [0.5, 0.6) is 0 Å². The minimum absolute atomic E-state index is 0.172. The molecule has 1 aliphatic rings. The molecule has 1 atom stereocenters. The Morgan fingerprint density at radius 1 is 1.00 bits per heavy atom. The Labute approximate surface area is 209 Å². The maximum atomic E-state index is 13.3. The minimum Gasteiger partial charge on any atom is -0.334 e. The van der Waals surface area contributed by atoms with Crippen LogP contribution in [0.3, 0.4) is 0 Å². The molecule has 0 saturated heterocycles. The van der Waals surface area contributed by atoms with Crippen LogP contribution in [0.25, 0.3) is 17.0 Å². The molecule has 35 heavy (non-hydrogen) atoms. The molecule has 3 aromatic carbocycles. The molecule has 2 amide bonds. The summed E-state index contributed by atoms with van der Waals surface area (Å²) in [6.07, 6.45) is 0. The average molecular weight is 485 g/mol. The fourth-order valence-electron chi connectivity index (χ4n) is 4.29. The number of rotatable bonds is 5. The Hall–Kier alpha value is -3.90. The summed E-state index contributed by atoms with van der Waals surface area (Å²) in [5.41, 5.74) is 6.56. The number of allylic oxidation sites excluding steroid dienone is 1. The van der Waals surface area contributed by atoms with Gasteiger partial charge in [-0.05, 0) is 49.6 Å². The van der Waals surface area contributed by atoms with Gasteiger partial charge in [-0.25, -0.2) is 4.79 Å². The number of hydrogen-bond acceptors (Lipinski definition) is 4. The third-order valence-corrected chi connectivity index (χ3v) is 6.57. The molecule has 0 fully saturated rings. The van der Waals surface area contributed by atoms with Crippen molar-refractivity contribution >= 4 is 23.2 Å². The van der Waals surface area contributed by atoms with Crippen molar-refractivity contribution in [1.82, 2.24) is 20.4 Å². The molecule has 0 radical (unpaired) electrons. The van der Waals surface area contributed by atoms with Gasteiger partial charge >= 0.3 is 6.03 Å². The summed E-state index contributed by atoms with van der Waals surface area (Å²) in [4.78, 5) is 19.7. The van der Waals surface area contributed by atoms with Gasteiger partial charge in [0, 0.05) is 16.3 Å². The van der Waals surface area contributed by atoms with Crippen LogP contribution in [0, 0.1) is 13.8 Å². The van der Waals surface area contributed by atoms with Gasteiger partial charge in [-0.15, -0.1) is 0 Å². The Kier molecular flexibility index (Phi) is 6.14. The molecule has 1 N–H and O–H groups in total. The van der Waals surface area contributed by atoms with Crippen LogP contribution in [0.4, 0.5) is 4.79 Å². The van der Waals surface area contributed by atoms with Crippen LogP contribution in [0.15, 0.2) is 83.0 Å². The predicted molar refractivity (Wildman–Crippen MR) is 137 cm³/mol. The number of hydrogen-bond donors (Lipinski definition) is 1. The topological polar surface area (TPSA) is 71.3 Å². The van der Waals surface area contributed by atoms with Gasteiger partial charge < -0.3 is 9.84 Å². The van der Waals surface area contributed by atoms with E-state index >= 15 is 0 Å². The van der Waals surface area contributed by atoms with Crippen LogP contribution in [-0.4, -0.2) is 21.1 Å². The maximum Gasteiger partial charge on any atom is 0.322 e. The van der Waals surface area contributed by atoms with E-state index < -0.39 is 6.04 Å². The molecule has 0 spiro atoms. The molecule has 2 heterocycles. The highest BCUT2D eigenvalue weighted by Gasteiger charge is 2.36. The van der Waals surface area contributed by atoms with Gasteiger partial charge in [-0.2, -0.15) is 4.98 Å². The minimum atomic E-state index is -0.427. The lowest BCUT2D eigenvalue weighted by Crippen LogP contribution is -2.45. The number of carbonyl (C=O) groups excluding carboxylic acids is 1. The van der Waals surface area contributed by atoms with Gasteiger partial charge in [0.05, 0.1) is 18.2 Å². The SMILES string of the molecule is CC1=C(c2nc(-c3cccc(Cl)c3)no2)C(c2ccc(C)cc2)NC(=O)N1Cc1ccccc1C. The fraction of sp³-hybridized carbons (Fsp3) is 0.179. The molecule has 0 saturated carbocycles. The first-order valence-electron chi connectivity index (χ1n) is 11.4. The van der Waals surface area contributed by atoms with Gasteiger partial charge in [-0.3, -0.25) is 4.90 Å². The third kappa shape index (κ3) is 4.57. The highest BCUT2D eigenvalue weighted by atomic mass is 35.5. The first-order chi connectivity index (χ1) is 16.9. The van der Waals surface area contributed by atoms with E-state index in [1.165, 1.54) is 0 Å². The average Bonchev–Trinajstić information content (AvgIpc) is 3.33. The van der Waals surface area contributed by atoms with E-state index in [-0.39, 0.29) is 6.03 Å². The molecule has 6 nitrogen and oxygen atoms in total. The van der Waals surface area contributed by atoms with Crippen LogP contribution in [0.1, 0.15) is 41.1 Å². The van der Waals surface area contributed by atoms with E-state index in [4.69, 9.17) is 21.1 Å². The second kappa shape index (κ2) is 9.39. The lowest BCUT2D eigenvalue weighted by Gasteiger charge is -2.35. The van der Waals surface area contributed by atoms with E-state index in [0.717, 1.165) is 39.1 Å². The summed E-state index contributed by atoms with van der Waals surface area (Å²) < 4.78 is 5.76. The van der Waals surface area contributed by atoms with Crippen molar-refractivity contribution in [2.45, 2.75) is 33.4 Å². The first kappa shape index (κ1) is 22.9. The highest BCUT2D eigenvalue weighted by molar-refractivity contribution is 6.30. The summed E-state index contributed by atoms with van der Waals surface area (Å²) in [6.45, 7) is 6.44. The summed E-state index contributed by atoms with van der Waals surface area (Å²) >= 11 is 6.16. The normalized spacial score (nSPS) is 15.9. The predicted octanol–water partition coefficient (Wildman–Crippen LogP) is 6.70. The molecule has 7 heteroatoms. The van der Waals surface area contributed by atoms with Gasteiger partial charge in [0.15, 0.2) is 0 Å². The molecule has 0 aliphatic carbocycles. The molecule has 176 valence electrons. The smallest absolute Gasteiger partial charge is 0.322 e. The molecule has 1 aliphatic heterocycles. The Bertz CT molecular complexity index is 1420. The van der Waals surface area contributed by atoms with Crippen LogP contribution in [-0.2, 0) is 6.54 Å². The van der Waals surface area contributed by atoms with E-state index in [1.54, 1.807) is 17.0 Å². The second-order valence-corrected chi connectivity index (χ2v) is 9.17. The molecule has 4 aromatic rings. The van der Waals surface area contributed by atoms with E-state index in [9.17, 15) is 4.79 Å². The van der Waals surface area contributed by atoms with E-state index in [2.05, 4.69) is 10.5 Å². The molecule has 5 rings (SSSR count). The van der Waals surface area contributed by atoms with Crippen molar-refractivity contribution < 1.29 is 9.32 Å². The lowest BCUT2D eigenvalue weighted by molar-refractivity contribution is 0.203. The van der Waals surface area contributed by atoms with Crippen molar-refractivity contribution in [1.29, 1.82) is 0 Å². The number of nitrogens with zero attached hydrogens (tertiary/aromatic N) is 3. The highest BCUT2D eigenvalue weighted by Crippen LogP contribution is 2.38. The first-order valence-corrected chi connectivity index (χ1v) is 11.8. The van der Waals surface area contributed by atoms with Gasteiger partial charge in [0.2, 0.25) is 5.82 Å². The van der Waals surface area contributed by atoms with Gasteiger partial charge in [0.1, 0.15) is 0 Å². The maximum absolute atomic E-state index is 13.3. The summed E-state index contributed by atoms with van der Waals surface area (Å²) in [5, 5.41) is 7.96. The van der Waals surface area contributed by atoms with Crippen molar-refractivity contribution in [2.24, 2.45) is 0 Å². The van der Waals surface area contributed by atoms with Crippen LogP contribution >= 0.6 is 11.6 Å². The van der Waals surface area contributed by atoms with Crippen LogP contribution < -0.4 is 5.32 Å². The number of amides is 2. The third-order valence-electron chi connectivity index (χ3n) is 6.34. The van der Waals surface area contributed by atoms with Crippen molar-refractivity contribution in [3.63, 3.8) is 0 Å². The van der Waals surface area contributed by atoms with Crippen molar-refractivity contribution in [2.75, 3.05) is 0 Å². The molecular weight excluding hydrogens is 460 g/mol. The number of aryl methyl sites for hydroxylation is 2. The zero-order valence-corrected chi connectivity index (χ0v) is 20.5. The summed E-state index contributed by atoms with van der Waals surface area (Å²) in [6, 6.07) is 22.8. The molecule has 0 bridgehead atoms. The van der Waals surface area contributed by atoms with Crippen molar-refractivity contribution in [3.05, 3.63) is 112 Å². The number of benzene rings is 3. The van der Waals surface area contributed by atoms with Gasteiger partial charge in [-0.1, -0.05) is 83.0 Å². The second-order valence-electron chi connectivity index (χ2n) is 8.74. The number of nitrogens with one attached hydrogen (secondary N) is 1. The molecule has 1 aromatic heterocycles. The number of halogens is 1. The van der Waals surface area contributed by atoms with Gasteiger partial charge in [0.25, 0.3) is 5.89 Å². The standard InChI is InChI=1S/C28H25ClN4O2/c1-17-11-13-20(14-12-17)25-24(27-31-26(32-35-27)21-9-6-10-23(29)15-21)19(3)33(28(34)30-25)16-22-8-5-4-7-18(22)2/h4-15,25H,16H2,1-3H3,(H,30,34). The largest absolute Gasteiger partial charge is 0.334 e. The Morgan fingerprint density at radius 2 is 1.77 bits per heavy atom. The number of carbonyl (C=O) groups is 1. The van der Waals surface area contributed by atoms with E-state index in [0.29, 0.717) is 23.3 Å². The van der Waals surface area contributed by atoms with Crippen LogP contribution in [0.2, 0.25) is 5.02 Å². The number of urea groups is 1. The Balaban J connectivity index is 1.61. The summed E-state index contributed by atoms with van der Waals surface area (Å²) in [5.74, 6) is 0.797. The zero-order valence-electron chi connectivity index (χ0n) is 19.7. The quantitative estimate of drug-likeness (QED) is 0.342. The lowest BCUT2D eigenvalue weighted by atomic mass is 9.93. The zero-order chi connectivity index (χ0) is 24.5. The fourth-order valence-corrected chi connectivity index (χ4v) is 4.48. The molecule has 1 unspecified atom stereocenters. The molecular formula is C28H25ClN4O2.